The van der Waals surface area contributed by atoms with Crippen LogP contribution in [0.4, 0.5) is 0 Å². The molecule has 0 aromatic rings. The van der Waals surface area contributed by atoms with Crippen LogP contribution in [-0.4, -0.2) is 61.6 Å². The fraction of sp³-hybridized carbons (Fsp3) is 0.706. The van der Waals surface area contributed by atoms with Crippen LogP contribution in [0.1, 0.15) is 26.2 Å². The average Bonchev–Trinajstić information content (AvgIpc) is 3.03. The van der Waals surface area contributed by atoms with E-state index in [0.29, 0.717) is 24.8 Å². The molecule has 7 heteroatoms. The molecule has 4 aliphatic heterocycles. The zero-order chi connectivity index (χ0) is 17.3. The van der Waals surface area contributed by atoms with Gasteiger partial charge in [0.05, 0.1) is 33.4 Å². The van der Waals surface area contributed by atoms with Gasteiger partial charge in [0.2, 0.25) is 0 Å². The summed E-state index contributed by atoms with van der Waals surface area (Å²) in [6, 6.07) is -0.116. The van der Waals surface area contributed by atoms with Crippen molar-refractivity contribution < 1.29 is 28.6 Å². The van der Waals surface area contributed by atoms with E-state index in [1.54, 1.807) is 0 Å². The molecule has 0 aromatic carbocycles. The van der Waals surface area contributed by atoms with E-state index in [4.69, 9.17) is 14.2 Å². The summed E-state index contributed by atoms with van der Waals surface area (Å²) in [5.74, 6) is -1.05. The summed E-state index contributed by atoms with van der Waals surface area (Å²) in [5.41, 5.74) is -0.434. The van der Waals surface area contributed by atoms with Crippen molar-refractivity contribution in [3.05, 3.63) is 11.3 Å². The molecule has 4 atom stereocenters. The van der Waals surface area contributed by atoms with Crippen molar-refractivity contribution in [1.29, 1.82) is 0 Å². The van der Waals surface area contributed by atoms with E-state index >= 15 is 0 Å². The van der Waals surface area contributed by atoms with Crippen LogP contribution in [0.15, 0.2) is 11.3 Å². The standard InChI is InChI=1S/C17H21NO6/c1-16-6-9(14(20)22-2)11-4-5-17(15(21)23-3)8-24-7-10(13(16)19)12(17)18(11)16/h9,11H,4-8H2,1-3H3/t9-,11?,16-,17-/m0/s1. The van der Waals surface area contributed by atoms with Crippen molar-refractivity contribution in [2.75, 3.05) is 27.4 Å². The molecule has 0 bridgehead atoms. The summed E-state index contributed by atoms with van der Waals surface area (Å²) in [4.78, 5) is 39.9. The Morgan fingerprint density at radius 2 is 2.04 bits per heavy atom. The molecule has 2 fully saturated rings. The summed E-state index contributed by atoms with van der Waals surface area (Å²) in [6.07, 6.45) is 1.54. The highest BCUT2D eigenvalue weighted by atomic mass is 16.5. The number of Topliss-reactive ketones (excluding diaryl/α,β-unsaturated/α-hetero) is 1. The number of carbonyl (C=O) groups is 3. The molecular weight excluding hydrogens is 314 g/mol. The van der Waals surface area contributed by atoms with Crippen molar-refractivity contribution in [3.8, 4) is 0 Å². The molecule has 2 saturated heterocycles. The van der Waals surface area contributed by atoms with E-state index in [1.807, 2.05) is 11.8 Å². The van der Waals surface area contributed by atoms with E-state index < -0.39 is 11.0 Å². The van der Waals surface area contributed by atoms with Crippen molar-refractivity contribution in [2.24, 2.45) is 11.3 Å². The highest BCUT2D eigenvalue weighted by Crippen LogP contribution is 2.59. The number of nitrogens with zero attached hydrogens (tertiary/aromatic N) is 1. The zero-order valence-electron chi connectivity index (χ0n) is 14.1. The van der Waals surface area contributed by atoms with Crippen molar-refractivity contribution in [1.82, 2.24) is 4.90 Å². The Bertz CT molecular complexity index is 685. The van der Waals surface area contributed by atoms with Crippen LogP contribution in [0, 0.1) is 11.3 Å². The molecule has 0 aromatic heterocycles. The molecule has 4 heterocycles. The SMILES string of the molecule is COC(=O)[C@H]1C[C@@]2(C)C(=O)C3=C4N2C1CC[C@]4(C(=O)OC)COC3. The molecule has 7 nitrogen and oxygen atoms in total. The minimum atomic E-state index is -0.933. The van der Waals surface area contributed by atoms with Gasteiger partial charge in [-0.25, -0.2) is 0 Å². The zero-order valence-corrected chi connectivity index (χ0v) is 14.1. The number of esters is 2. The van der Waals surface area contributed by atoms with Gasteiger partial charge in [0.25, 0.3) is 0 Å². The second kappa shape index (κ2) is 4.81. The van der Waals surface area contributed by atoms with E-state index in [2.05, 4.69) is 0 Å². The Kier molecular flexibility index (Phi) is 3.13. The van der Waals surface area contributed by atoms with Gasteiger partial charge in [-0.05, 0) is 26.2 Å². The number of ether oxygens (including phenoxy) is 3. The molecule has 130 valence electrons. The monoisotopic (exact) mass is 335 g/mol. The van der Waals surface area contributed by atoms with Crippen LogP contribution < -0.4 is 0 Å². The fourth-order valence-corrected chi connectivity index (χ4v) is 5.21. The normalized spacial score (nSPS) is 39.8. The second-order valence-electron chi connectivity index (χ2n) is 7.31. The molecule has 0 radical (unpaired) electrons. The maximum Gasteiger partial charge on any atom is 0.320 e. The first-order valence-electron chi connectivity index (χ1n) is 8.22. The van der Waals surface area contributed by atoms with Gasteiger partial charge in [-0.15, -0.1) is 0 Å². The molecule has 4 rings (SSSR count). The summed E-state index contributed by atoms with van der Waals surface area (Å²) >= 11 is 0. The van der Waals surface area contributed by atoms with Gasteiger partial charge in [0, 0.05) is 17.3 Å². The van der Waals surface area contributed by atoms with Crippen molar-refractivity contribution in [3.63, 3.8) is 0 Å². The number of rotatable bonds is 2. The largest absolute Gasteiger partial charge is 0.469 e. The molecule has 24 heavy (non-hydrogen) atoms. The highest BCUT2D eigenvalue weighted by molar-refractivity contribution is 6.08. The van der Waals surface area contributed by atoms with E-state index in [1.165, 1.54) is 14.2 Å². The van der Waals surface area contributed by atoms with Crippen LogP contribution in [0.25, 0.3) is 0 Å². The fourth-order valence-electron chi connectivity index (χ4n) is 5.21. The van der Waals surface area contributed by atoms with Gasteiger partial charge >= 0.3 is 11.9 Å². The van der Waals surface area contributed by atoms with Gasteiger partial charge in [0.1, 0.15) is 11.0 Å². The topological polar surface area (TPSA) is 82.1 Å². The van der Waals surface area contributed by atoms with Gasteiger partial charge in [0.15, 0.2) is 5.78 Å². The minimum absolute atomic E-state index is 0.0382. The quantitative estimate of drug-likeness (QED) is 0.677. The second-order valence-corrected chi connectivity index (χ2v) is 7.31. The van der Waals surface area contributed by atoms with Crippen molar-refractivity contribution in [2.45, 2.75) is 37.8 Å². The molecule has 1 unspecified atom stereocenters. The molecule has 0 N–H and O–H groups in total. The van der Waals surface area contributed by atoms with Gasteiger partial charge in [-0.1, -0.05) is 0 Å². The smallest absolute Gasteiger partial charge is 0.320 e. The first-order chi connectivity index (χ1) is 11.4. The molecule has 4 aliphatic rings. The van der Waals surface area contributed by atoms with Gasteiger partial charge in [-0.3, -0.25) is 14.4 Å². The number of methoxy groups -OCH3 is 2. The minimum Gasteiger partial charge on any atom is -0.469 e. The lowest BCUT2D eigenvalue weighted by molar-refractivity contribution is -0.159. The third-order valence-electron chi connectivity index (χ3n) is 6.23. The maximum absolute atomic E-state index is 13.1. The van der Waals surface area contributed by atoms with Gasteiger partial charge in [-0.2, -0.15) is 0 Å². The van der Waals surface area contributed by atoms with Crippen LogP contribution in [0.2, 0.25) is 0 Å². The van der Waals surface area contributed by atoms with E-state index in [0.717, 1.165) is 5.70 Å². The van der Waals surface area contributed by atoms with Crippen LogP contribution >= 0.6 is 0 Å². The maximum atomic E-state index is 13.1. The Hall–Kier alpha value is -1.89. The molecule has 0 amide bonds. The van der Waals surface area contributed by atoms with E-state index in [9.17, 15) is 14.4 Å². The Morgan fingerprint density at radius 1 is 1.29 bits per heavy atom. The lowest BCUT2D eigenvalue weighted by Gasteiger charge is -2.48. The summed E-state index contributed by atoms with van der Waals surface area (Å²) in [5, 5.41) is 0. The number of piperidine rings is 1. The molecule has 0 spiro atoms. The number of hydrogen-bond acceptors (Lipinski definition) is 7. The number of carbonyl (C=O) groups excluding carboxylic acids is 3. The summed E-state index contributed by atoms with van der Waals surface area (Å²) in [7, 11) is 2.73. The van der Waals surface area contributed by atoms with Crippen LogP contribution in [0.3, 0.4) is 0 Å². The molecular formula is C17H21NO6. The lowest BCUT2D eigenvalue weighted by Crippen LogP contribution is -2.55. The Labute approximate surface area is 139 Å². The van der Waals surface area contributed by atoms with E-state index in [-0.39, 0.29) is 42.9 Å². The Balaban J connectivity index is 1.87. The van der Waals surface area contributed by atoms with Crippen LogP contribution in [0.5, 0.6) is 0 Å². The molecule has 0 saturated carbocycles. The number of hydrogen-bond donors (Lipinski definition) is 0. The van der Waals surface area contributed by atoms with Crippen LogP contribution in [-0.2, 0) is 28.6 Å². The molecule has 0 aliphatic carbocycles. The Morgan fingerprint density at radius 3 is 2.71 bits per heavy atom. The average molecular weight is 335 g/mol. The third kappa shape index (κ3) is 1.58. The van der Waals surface area contributed by atoms with Crippen molar-refractivity contribution >= 4 is 17.7 Å². The highest BCUT2D eigenvalue weighted by Gasteiger charge is 2.68. The number of ketones is 1. The first kappa shape index (κ1) is 15.6. The predicted molar refractivity (Wildman–Crippen MR) is 80.7 cm³/mol. The lowest BCUT2D eigenvalue weighted by atomic mass is 9.72. The predicted octanol–water partition coefficient (Wildman–Crippen LogP) is 0.429. The first-order valence-corrected chi connectivity index (χ1v) is 8.22. The van der Waals surface area contributed by atoms with Gasteiger partial charge < -0.3 is 19.1 Å². The third-order valence-corrected chi connectivity index (χ3v) is 6.23. The summed E-state index contributed by atoms with van der Waals surface area (Å²) in [6.45, 7) is 2.29. The summed E-state index contributed by atoms with van der Waals surface area (Å²) < 4.78 is 15.6.